The van der Waals surface area contributed by atoms with Crippen molar-refractivity contribution in [3.63, 3.8) is 0 Å². The third-order valence-corrected chi connectivity index (χ3v) is 16.5. The van der Waals surface area contributed by atoms with Gasteiger partial charge < -0.3 is 65.6 Å². The molecule has 0 fully saturated rings. The Kier molecular flexibility index (Phi) is 17.2. The van der Waals surface area contributed by atoms with Crippen LogP contribution in [0.3, 0.4) is 0 Å². The molecule has 0 amide bonds. The van der Waals surface area contributed by atoms with Gasteiger partial charge in [-0.3, -0.25) is 6.08 Å². The van der Waals surface area contributed by atoms with Crippen LogP contribution in [0.25, 0.3) is 0 Å². The van der Waals surface area contributed by atoms with E-state index in [9.17, 15) is 0 Å². The second-order valence-electron chi connectivity index (χ2n) is 12.6. The van der Waals surface area contributed by atoms with Gasteiger partial charge in [0, 0.05) is 0 Å². The summed E-state index contributed by atoms with van der Waals surface area (Å²) in [5, 5.41) is 2.43. The smallest absolute Gasteiger partial charge is 1.00 e. The van der Waals surface area contributed by atoms with Crippen LogP contribution in [0, 0.1) is 47.6 Å². The van der Waals surface area contributed by atoms with Crippen molar-refractivity contribution in [2.75, 3.05) is 42.7 Å². The maximum Gasteiger partial charge on any atom is 4.00 e. The Morgan fingerprint density at radius 2 is 0.760 bits per heavy atom. The summed E-state index contributed by atoms with van der Waals surface area (Å²) in [6, 6.07) is 6.54. The zero-order valence-corrected chi connectivity index (χ0v) is 37.1. The van der Waals surface area contributed by atoms with Crippen LogP contribution >= 0.6 is 0 Å². The molecule has 50 heavy (non-hydrogen) atoms. The van der Waals surface area contributed by atoms with Crippen molar-refractivity contribution >= 4 is 23.6 Å². The van der Waals surface area contributed by atoms with Crippen molar-refractivity contribution in [1.29, 1.82) is 0 Å². The van der Waals surface area contributed by atoms with E-state index in [-0.39, 0.29) is 58.9 Å². The summed E-state index contributed by atoms with van der Waals surface area (Å²) < 4.78 is 37.7. The van der Waals surface area contributed by atoms with Crippen molar-refractivity contribution < 1.29 is 87.4 Å². The van der Waals surface area contributed by atoms with E-state index < -0.39 is 13.1 Å². The van der Waals surface area contributed by atoms with E-state index in [0.717, 1.165) is 89.0 Å². The molecular formula is C39H51Cl3O6SiTi. The first-order chi connectivity index (χ1) is 21.7. The van der Waals surface area contributed by atoms with Crippen LogP contribution in [0.4, 0.5) is 0 Å². The van der Waals surface area contributed by atoms with Crippen LogP contribution in [-0.4, -0.2) is 50.7 Å². The predicted octanol–water partition coefficient (Wildman–Crippen LogP) is -2.07. The SMILES string of the molecule is COc1cc([Si](c2cc(OC)c(C)c(C)c2OC)(c2cc(OC)c(C)c(C)c2OC)C2(C)[C-]=C(C)C(C)=C2C)c(OC)c(C)c1C.[Cl-].[Cl-].[Cl-].[Ti+4]. The van der Waals surface area contributed by atoms with E-state index in [0.29, 0.717) is 0 Å². The average Bonchev–Trinajstić information content (AvgIpc) is 3.24. The van der Waals surface area contributed by atoms with Gasteiger partial charge in [-0.25, -0.2) is 5.57 Å². The largest absolute Gasteiger partial charge is 4.00 e. The van der Waals surface area contributed by atoms with Crippen LogP contribution in [0.2, 0.25) is 5.04 Å². The Hall–Kier alpha value is -2.26. The quantitative estimate of drug-likeness (QED) is 0.134. The van der Waals surface area contributed by atoms with Gasteiger partial charge in [0.1, 0.15) is 34.5 Å². The van der Waals surface area contributed by atoms with Gasteiger partial charge in [0.15, 0.2) is 8.07 Å². The monoisotopic (exact) mass is 796 g/mol. The third kappa shape index (κ3) is 6.84. The molecule has 4 rings (SSSR count). The molecular weight excluding hydrogens is 747 g/mol. The van der Waals surface area contributed by atoms with Crippen molar-refractivity contribution in [2.24, 2.45) is 0 Å². The molecule has 11 heteroatoms. The molecule has 1 aliphatic carbocycles. The van der Waals surface area contributed by atoms with Crippen molar-refractivity contribution in [2.45, 2.75) is 74.3 Å². The molecule has 272 valence electrons. The van der Waals surface area contributed by atoms with E-state index in [2.05, 4.69) is 93.5 Å². The van der Waals surface area contributed by atoms with Crippen molar-refractivity contribution in [3.05, 3.63) is 74.4 Å². The first-order valence-electron chi connectivity index (χ1n) is 15.7. The summed E-state index contributed by atoms with van der Waals surface area (Å²) in [6.45, 7) is 21.4. The summed E-state index contributed by atoms with van der Waals surface area (Å²) in [6.07, 6.45) is 4.05. The number of methoxy groups -OCH3 is 6. The Morgan fingerprint density at radius 1 is 0.480 bits per heavy atom. The van der Waals surface area contributed by atoms with Gasteiger partial charge in [-0.05, 0) is 109 Å². The van der Waals surface area contributed by atoms with E-state index in [1.54, 1.807) is 42.7 Å². The van der Waals surface area contributed by atoms with Gasteiger partial charge in [0.25, 0.3) is 0 Å². The van der Waals surface area contributed by atoms with Crippen LogP contribution in [0.1, 0.15) is 61.1 Å². The van der Waals surface area contributed by atoms with Crippen molar-refractivity contribution in [1.82, 2.24) is 0 Å². The normalized spacial score (nSPS) is 15.1. The molecule has 0 spiro atoms. The molecule has 0 radical (unpaired) electrons. The fourth-order valence-corrected chi connectivity index (χ4v) is 14.2. The van der Waals surface area contributed by atoms with Gasteiger partial charge in [-0.1, -0.05) is 25.8 Å². The molecule has 0 saturated heterocycles. The minimum atomic E-state index is -3.57. The Labute approximate surface area is 334 Å². The summed E-state index contributed by atoms with van der Waals surface area (Å²) in [7, 11) is 6.87. The Morgan fingerprint density at radius 3 is 0.960 bits per heavy atom. The number of ether oxygens (including phenoxy) is 6. The van der Waals surface area contributed by atoms with Gasteiger partial charge in [0.05, 0.1) is 42.7 Å². The number of rotatable bonds is 10. The minimum absolute atomic E-state index is 0. The predicted molar refractivity (Wildman–Crippen MR) is 191 cm³/mol. The molecule has 0 aliphatic heterocycles. The zero-order chi connectivity index (χ0) is 34.5. The maximum absolute atomic E-state index is 6.45. The molecule has 3 aromatic rings. The molecule has 3 aromatic carbocycles. The van der Waals surface area contributed by atoms with Crippen LogP contribution in [0.5, 0.6) is 34.5 Å². The molecule has 1 unspecified atom stereocenters. The Bertz CT molecular complexity index is 1630. The zero-order valence-electron chi connectivity index (χ0n) is 32.3. The number of allylic oxidation sites excluding steroid dienone is 4. The fraction of sp³-hybridized carbons (Fsp3) is 0.436. The maximum atomic E-state index is 6.45. The number of halogens is 3. The molecule has 0 N–H and O–H groups in total. The van der Waals surface area contributed by atoms with Crippen molar-refractivity contribution in [3.8, 4) is 34.5 Å². The van der Waals surface area contributed by atoms with E-state index in [1.807, 2.05) is 0 Å². The molecule has 0 saturated carbocycles. The van der Waals surface area contributed by atoms with Gasteiger partial charge in [0.2, 0.25) is 0 Å². The fourth-order valence-electron chi connectivity index (χ4n) is 7.68. The van der Waals surface area contributed by atoms with E-state index >= 15 is 0 Å². The molecule has 0 heterocycles. The number of hydrogen-bond donors (Lipinski definition) is 0. The van der Waals surface area contributed by atoms with Crippen LogP contribution in [0.15, 0.2) is 34.9 Å². The first kappa shape index (κ1) is 47.7. The minimum Gasteiger partial charge on any atom is -1.00 e. The molecule has 6 nitrogen and oxygen atoms in total. The second kappa shape index (κ2) is 18.0. The second-order valence-corrected chi connectivity index (χ2v) is 16.7. The molecule has 1 aliphatic rings. The topological polar surface area (TPSA) is 55.4 Å². The van der Waals surface area contributed by atoms with Gasteiger partial charge in [-0.15, -0.1) is 6.92 Å². The van der Waals surface area contributed by atoms with E-state index in [1.165, 1.54) is 11.1 Å². The van der Waals surface area contributed by atoms with E-state index in [4.69, 9.17) is 28.4 Å². The number of benzene rings is 3. The standard InChI is InChI=1S/C39H51O6Si.3ClH.Ti/c1-21-20-39(10,29(9)22(21)2)46(33-17-30(40-11)23(3)26(6)36(33)43-14,34-18-31(41-12)24(4)27(7)37(34)44-15)35-19-32(42-13)25(5)28(8)38(35)45-16;;;;/h17-19H,1-16H3;3*1H;/q-1;;;;+4/p-3. The summed E-state index contributed by atoms with van der Waals surface area (Å²) in [4.78, 5) is 0. The summed E-state index contributed by atoms with van der Waals surface area (Å²) >= 11 is 0. The van der Waals surface area contributed by atoms with Crippen LogP contribution in [-0.2, 0) is 21.7 Å². The molecule has 1 atom stereocenters. The third-order valence-electron chi connectivity index (χ3n) is 10.9. The average molecular weight is 798 g/mol. The summed E-state index contributed by atoms with van der Waals surface area (Å²) in [5.41, 5.74) is 9.68. The molecule has 0 bridgehead atoms. The summed E-state index contributed by atoms with van der Waals surface area (Å²) in [5.74, 6) is 4.78. The molecule has 0 aromatic heterocycles. The Balaban J connectivity index is 0.00000600. The van der Waals surface area contributed by atoms with Gasteiger partial charge in [-0.2, -0.15) is 11.1 Å². The van der Waals surface area contributed by atoms with Crippen LogP contribution < -0.4 is 81.2 Å². The van der Waals surface area contributed by atoms with Gasteiger partial charge >= 0.3 is 21.7 Å². The number of hydrogen-bond acceptors (Lipinski definition) is 6. The first-order valence-corrected chi connectivity index (χ1v) is 17.7.